The fourth-order valence-electron chi connectivity index (χ4n) is 4.22. The third-order valence-corrected chi connectivity index (χ3v) is 6.06. The molecule has 1 aliphatic heterocycles. The first-order valence-electron chi connectivity index (χ1n) is 10.9. The zero-order valence-electron chi connectivity index (χ0n) is 18.6. The van der Waals surface area contributed by atoms with Gasteiger partial charge >= 0.3 is 18.0 Å². The van der Waals surface area contributed by atoms with E-state index in [1.165, 1.54) is 11.1 Å². The average molecular weight is 470 g/mol. The van der Waals surface area contributed by atoms with Gasteiger partial charge in [-0.15, -0.1) is 0 Å². The highest BCUT2D eigenvalue weighted by atomic mass is 19.4. The van der Waals surface area contributed by atoms with E-state index < -0.39 is 23.6 Å². The Morgan fingerprint density at radius 2 is 1.68 bits per heavy atom. The van der Waals surface area contributed by atoms with Crippen LogP contribution in [0.4, 0.5) is 18.9 Å². The van der Waals surface area contributed by atoms with Gasteiger partial charge in [-0.25, -0.2) is 0 Å². The predicted molar refractivity (Wildman–Crippen MR) is 122 cm³/mol. The molecule has 1 aromatic heterocycles. The molecular weight excluding hydrogens is 445 g/mol. The van der Waals surface area contributed by atoms with Gasteiger partial charge in [-0.2, -0.15) is 13.2 Å². The molecule has 0 aliphatic carbocycles. The molecule has 0 saturated heterocycles. The lowest BCUT2D eigenvalue weighted by atomic mass is 9.98. The SMILES string of the molecule is Cn1cccc1C(CNC(=O)C(=O)Nc1ccc(C(F)(F)F)cc1)N1CCc2ccccc2C1. The Kier molecular flexibility index (Phi) is 6.74. The number of rotatable bonds is 5. The van der Waals surface area contributed by atoms with Gasteiger partial charge in [0.25, 0.3) is 0 Å². The maximum Gasteiger partial charge on any atom is 0.416 e. The summed E-state index contributed by atoms with van der Waals surface area (Å²) in [6.07, 6.45) is -1.65. The van der Waals surface area contributed by atoms with Crippen LogP contribution in [0.5, 0.6) is 0 Å². The quantitative estimate of drug-likeness (QED) is 0.556. The second-order valence-corrected chi connectivity index (χ2v) is 8.29. The number of benzene rings is 2. The van der Waals surface area contributed by atoms with E-state index in [1.54, 1.807) is 0 Å². The summed E-state index contributed by atoms with van der Waals surface area (Å²) in [6, 6.07) is 16.0. The van der Waals surface area contributed by atoms with Crippen molar-refractivity contribution in [3.05, 3.63) is 89.2 Å². The molecule has 6 nitrogen and oxygen atoms in total. The lowest BCUT2D eigenvalue weighted by molar-refractivity contribution is -0.137. The van der Waals surface area contributed by atoms with E-state index in [1.807, 2.05) is 42.1 Å². The van der Waals surface area contributed by atoms with Crippen molar-refractivity contribution in [1.29, 1.82) is 0 Å². The number of carbonyl (C=O) groups is 2. The normalized spacial score (nSPS) is 14.8. The van der Waals surface area contributed by atoms with Crippen molar-refractivity contribution < 1.29 is 22.8 Å². The Hall–Kier alpha value is -3.59. The fraction of sp³-hybridized carbons (Fsp3) is 0.280. The molecule has 0 bridgehead atoms. The number of hydrogen-bond donors (Lipinski definition) is 2. The van der Waals surface area contributed by atoms with Crippen LogP contribution in [0.25, 0.3) is 0 Å². The van der Waals surface area contributed by atoms with Crippen LogP contribution in [-0.2, 0) is 35.8 Å². The number of hydrogen-bond acceptors (Lipinski definition) is 3. The maximum atomic E-state index is 12.7. The van der Waals surface area contributed by atoms with E-state index in [0.29, 0.717) is 0 Å². The number of carbonyl (C=O) groups excluding carboxylic acids is 2. The molecule has 2 N–H and O–H groups in total. The number of nitrogens with one attached hydrogen (secondary N) is 2. The van der Waals surface area contributed by atoms with E-state index in [0.717, 1.165) is 49.5 Å². The van der Waals surface area contributed by atoms with Gasteiger partial charge in [0.15, 0.2) is 0 Å². The molecule has 4 rings (SSSR count). The Labute approximate surface area is 195 Å². The third-order valence-electron chi connectivity index (χ3n) is 6.06. The Morgan fingerprint density at radius 3 is 2.32 bits per heavy atom. The smallest absolute Gasteiger partial charge is 0.353 e. The van der Waals surface area contributed by atoms with Crippen molar-refractivity contribution in [2.24, 2.45) is 7.05 Å². The molecule has 1 aliphatic rings. The lowest BCUT2D eigenvalue weighted by Gasteiger charge is -2.36. The van der Waals surface area contributed by atoms with Gasteiger partial charge in [-0.1, -0.05) is 24.3 Å². The summed E-state index contributed by atoms with van der Waals surface area (Å²) >= 11 is 0. The number of fused-ring (bicyclic) bond motifs is 1. The number of halogens is 3. The summed E-state index contributed by atoms with van der Waals surface area (Å²) in [6.45, 7) is 1.74. The molecule has 9 heteroatoms. The zero-order valence-corrected chi connectivity index (χ0v) is 18.6. The highest BCUT2D eigenvalue weighted by molar-refractivity contribution is 6.39. The van der Waals surface area contributed by atoms with E-state index in [-0.39, 0.29) is 18.3 Å². The molecule has 2 amide bonds. The number of alkyl halides is 3. The van der Waals surface area contributed by atoms with E-state index in [2.05, 4.69) is 27.7 Å². The van der Waals surface area contributed by atoms with Crippen molar-refractivity contribution in [2.45, 2.75) is 25.2 Å². The fourth-order valence-corrected chi connectivity index (χ4v) is 4.22. The van der Waals surface area contributed by atoms with E-state index >= 15 is 0 Å². The van der Waals surface area contributed by atoms with Crippen LogP contribution in [0, 0.1) is 0 Å². The van der Waals surface area contributed by atoms with Gasteiger partial charge in [-0.05, 0) is 53.9 Å². The van der Waals surface area contributed by atoms with Crippen LogP contribution in [0.2, 0.25) is 0 Å². The molecule has 2 aromatic carbocycles. The van der Waals surface area contributed by atoms with Crippen LogP contribution in [0.15, 0.2) is 66.9 Å². The first kappa shape index (κ1) is 23.6. The molecular formula is C25H25F3N4O2. The van der Waals surface area contributed by atoms with Crippen LogP contribution >= 0.6 is 0 Å². The standard InChI is InChI=1S/C25H25F3N4O2/c1-31-13-4-7-21(31)22(32-14-12-17-5-2-3-6-18(17)16-32)15-29-23(33)24(34)30-20-10-8-19(9-11-20)25(26,27)28/h2-11,13,22H,12,14-16H2,1H3,(H,29,33)(H,30,34). The van der Waals surface area contributed by atoms with Gasteiger partial charge in [-0.3, -0.25) is 14.5 Å². The summed E-state index contributed by atoms with van der Waals surface area (Å²) in [4.78, 5) is 27.1. The van der Waals surface area contributed by atoms with Crippen LogP contribution < -0.4 is 10.6 Å². The van der Waals surface area contributed by atoms with E-state index in [4.69, 9.17) is 0 Å². The van der Waals surface area contributed by atoms with Crippen molar-refractivity contribution >= 4 is 17.5 Å². The number of aromatic nitrogens is 1. The number of amides is 2. The minimum absolute atomic E-state index is 0.111. The third kappa shape index (κ3) is 5.31. The zero-order chi connectivity index (χ0) is 24.3. The summed E-state index contributed by atoms with van der Waals surface area (Å²) < 4.78 is 40.1. The Balaban J connectivity index is 1.42. The summed E-state index contributed by atoms with van der Waals surface area (Å²) in [5, 5.41) is 5.03. The monoisotopic (exact) mass is 470 g/mol. The highest BCUT2D eigenvalue weighted by Crippen LogP contribution is 2.30. The Bertz CT molecular complexity index is 1170. The molecule has 3 aromatic rings. The van der Waals surface area contributed by atoms with Crippen molar-refractivity contribution in [3.63, 3.8) is 0 Å². The van der Waals surface area contributed by atoms with Crippen LogP contribution in [0.3, 0.4) is 0 Å². The molecule has 1 unspecified atom stereocenters. The summed E-state index contributed by atoms with van der Waals surface area (Å²) in [5.74, 6) is -1.79. The second kappa shape index (κ2) is 9.72. The van der Waals surface area contributed by atoms with Gasteiger partial charge in [0.05, 0.1) is 11.6 Å². The number of anilines is 1. The molecule has 0 fully saturated rings. The molecule has 0 saturated carbocycles. The molecule has 1 atom stereocenters. The molecule has 0 spiro atoms. The minimum atomic E-state index is -4.47. The highest BCUT2D eigenvalue weighted by Gasteiger charge is 2.30. The van der Waals surface area contributed by atoms with Gasteiger partial charge in [0.1, 0.15) is 0 Å². The van der Waals surface area contributed by atoms with Crippen molar-refractivity contribution in [2.75, 3.05) is 18.4 Å². The summed E-state index contributed by atoms with van der Waals surface area (Å²) in [5.41, 5.74) is 2.83. The average Bonchev–Trinajstić information content (AvgIpc) is 3.24. The molecule has 178 valence electrons. The number of nitrogens with zero attached hydrogens (tertiary/aromatic N) is 2. The summed E-state index contributed by atoms with van der Waals surface area (Å²) in [7, 11) is 1.93. The topological polar surface area (TPSA) is 66.4 Å². The Morgan fingerprint density at radius 1 is 0.971 bits per heavy atom. The first-order chi connectivity index (χ1) is 16.2. The number of aryl methyl sites for hydroxylation is 1. The van der Waals surface area contributed by atoms with Crippen molar-refractivity contribution in [3.8, 4) is 0 Å². The van der Waals surface area contributed by atoms with Gasteiger partial charge in [0.2, 0.25) is 0 Å². The largest absolute Gasteiger partial charge is 0.416 e. The predicted octanol–water partition coefficient (Wildman–Crippen LogP) is 3.90. The minimum Gasteiger partial charge on any atom is -0.353 e. The second-order valence-electron chi connectivity index (χ2n) is 8.29. The molecule has 2 heterocycles. The first-order valence-corrected chi connectivity index (χ1v) is 10.9. The van der Waals surface area contributed by atoms with Crippen molar-refractivity contribution in [1.82, 2.24) is 14.8 Å². The lowest BCUT2D eigenvalue weighted by Crippen LogP contribution is -2.44. The van der Waals surface area contributed by atoms with Crippen LogP contribution in [-0.4, -0.2) is 34.4 Å². The van der Waals surface area contributed by atoms with Gasteiger partial charge < -0.3 is 15.2 Å². The van der Waals surface area contributed by atoms with E-state index in [9.17, 15) is 22.8 Å². The van der Waals surface area contributed by atoms with Crippen LogP contribution in [0.1, 0.15) is 28.4 Å². The van der Waals surface area contributed by atoms with Gasteiger partial charge in [0, 0.05) is 44.3 Å². The molecule has 0 radical (unpaired) electrons. The maximum absolute atomic E-state index is 12.7. The molecule has 34 heavy (non-hydrogen) atoms.